The fraction of sp³-hybridized carbons (Fsp3) is 0.480. The first-order chi connectivity index (χ1) is 15.8. The maximum Gasteiger partial charge on any atom is 0.271 e. The van der Waals surface area contributed by atoms with Crippen molar-refractivity contribution in [1.82, 2.24) is 8.98 Å². The molecule has 0 bridgehead atoms. The lowest BCUT2D eigenvalue weighted by Gasteiger charge is -2.25. The SMILES string of the molecule is CC/C=C\CC.CC1=C(C)C(N(N)S(=O)(=O)c2ccc3c(c2)c(C(C)(F)F)cc(=O)n3C)CC1. The van der Waals surface area contributed by atoms with Gasteiger partial charge in [-0.05, 0) is 57.7 Å². The number of benzene rings is 1. The number of halogens is 2. The van der Waals surface area contributed by atoms with E-state index >= 15 is 0 Å². The number of sulfonamides is 1. The first kappa shape index (κ1) is 27.9. The van der Waals surface area contributed by atoms with E-state index in [9.17, 15) is 22.0 Å². The van der Waals surface area contributed by atoms with Crippen molar-refractivity contribution < 1.29 is 17.2 Å². The first-order valence-electron chi connectivity index (χ1n) is 11.4. The van der Waals surface area contributed by atoms with E-state index in [0.717, 1.165) is 34.1 Å². The van der Waals surface area contributed by atoms with Crippen LogP contribution in [-0.4, -0.2) is 23.4 Å². The fourth-order valence-electron chi connectivity index (χ4n) is 3.96. The molecule has 2 aromatic rings. The predicted octanol–water partition coefficient (Wildman–Crippen LogP) is 5.38. The average molecular weight is 496 g/mol. The average Bonchev–Trinajstić information content (AvgIpc) is 3.11. The summed E-state index contributed by atoms with van der Waals surface area (Å²) >= 11 is 0. The number of nitrogens with zero attached hydrogens (tertiary/aromatic N) is 2. The van der Waals surface area contributed by atoms with Gasteiger partial charge in [0.2, 0.25) is 0 Å². The number of pyridine rings is 1. The zero-order valence-electron chi connectivity index (χ0n) is 20.7. The quantitative estimate of drug-likeness (QED) is 0.331. The van der Waals surface area contributed by atoms with E-state index in [1.807, 2.05) is 13.8 Å². The molecule has 0 radical (unpaired) electrons. The maximum absolute atomic E-state index is 14.1. The van der Waals surface area contributed by atoms with E-state index in [2.05, 4.69) is 26.0 Å². The van der Waals surface area contributed by atoms with Crippen LogP contribution in [0.15, 0.2) is 57.3 Å². The van der Waals surface area contributed by atoms with Gasteiger partial charge in [0.05, 0.1) is 16.5 Å². The van der Waals surface area contributed by atoms with Gasteiger partial charge in [-0.25, -0.2) is 17.2 Å². The highest BCUT2D eigenvalue weighted by molar-refractivity contribution is 7.89. The number of aromatic nitrogens is 1. The molecule has 0 saturated carbocycles. The van der Waals surface area contributed by atoms with Crippen LogP contribution in [0, 0.1) is 0 Å². The molecule has 0 saturated heterocycles. The summed E-state index contributed by atoms with van der Waals surface area (Å²) in [6.45, 7) is 8.74. The molecular weight excluding hydrogens is 460 g/mol. The van der Waals surface area contributed by atoms with E-state index in [4.69, 9.17) is 5.84 Å². The molecule has 0 spiro atoms. The lowest BCUT2D eigenvalue weighted by Crippen LogP contribution is -2.45. The topological polar surface area (TPSA) is 85.4 Å². The van der Waals surface area contributed by atoms with Crippen molar-refractivity contribution in [3.8, 4) is 0 Å². The third-order valence-corrected chi connectivity index (χ3v) is 7.84. The summed E-state index contributed by atoms with van der Waals surface area (Å²) in [5.74, 6) is 2.66. The largest absolute Gasteiger partial charge is 0.311 e. The number of aryl methyl sites for hydroxylation is 1. The molecule has 0 fully saturated rings. The number of hydrazine groups is 1. The Bertz CT molecular complexity index is 1250. The number of rotatable bonds is 6. The first-order valence-corrected chi connectivity index (χ1v) is 12.8. The molecule has 1 aromatic carbocycles. The lowest BCUT2D eigenvalue weighted by atomic mass is 10.0. The minimum atomic E-state index is -4.11. The van der Waals surface area contributed by atoms with Crippen LogP contribution >= 0.6 is 0 Å². The second-order valence-corrected chi connectivity index (χ2v) is 10.5. The Hall–Kier alpha value is -2.36. The van der Waals surface area contributed by atoms with E-state index in [0.29, 0.717) is 13.3 Å². The Morgan fingerprint density at radius 1 is 1.18 bits per heavy atom. The van der Waals surface area contributed by atoms with Crippen LogP contribution in [0.3, 0.4) is 0 Å². The molecule has 188 valence electrons. The van der Waals surface area contributed by atoms with Crippen molar-refractivity contribution in [3.63, 3.8) is 0 Å². The summed E-state index contributed by atoms with van der Waals surface area (Å²) in [4.78, 5) is 11.8. The Kier molecular flexibility index (Phi) is 8.96. The summed E-state index contributed by atoms with van der Waals surface area (Å²) in [6, 6.07) is 4.18. The summed E-state index contributed by atoms with van der Waals surface area (Å²) in [6.07, 6.45) is 8.04. The van der Waals surface area contributed by atoms with Gasteiger partial charge >= 0.3 is 0 Å². The van der Waals surface area contributed by atoms with Crippen LogP contribution < -0.4 is 11.4 Å². The molecule has 2 N–H and O–H groups in total. The van der Waals surface area contributed by atoms with Crippen molar-refractivity contribution in [1.29, 1.82) is 0 Å². The summed E-state index contributed by atoms with van der Waals surface area (Å²) < 4.78 is 56.3. The highest BCUT2D eigenvalue weighted by Gasteiger charge is 2.34. The van der Waals surface area contributed by atoms with Crippen LogP contribution in [0.5, 0.6) is 0 Å². The molecule has 9 heteroatoms. The number of nitrogens with two attached hydrogens (primary N) is 1. The molecule has 3 rings (SSSR count). The van der Waals surface area contributed by atoms with Gasteiger partial charge in [0.25, 0.3) is 21.5 Å². The fourth-order valence-corrected chi connectivity index (χ4v) is 5.30. The van der Waals surface area contributed by atoms with Gasteiger partial charge in [-0.2, -0.15) is 0 Å². The van der Waals surface area contributed by atoms with Gasteiger partial charge in [0, 0.05) is 31.0 Å². The Morgan fingerprint density at radius 2 is 1.76 bits per heavy atom. The van der Waals surface area contributed by atoms with Crippen molar-refractivity contribution in [3.05, 3.63) is 63.5 Å². The molecule has 1 unspecified atom stereocenters. The van der Waals surface area contributed by atoms with Crippen molar-refractivity contribution in [2.45, 2.75) is 77.2 Å². The van der Waals surface area contributed by atoms with Gasteiger partial charge in [0.1, 0.15) is 0 Å². The van der Waals surface area contributed by atoms with Crippen LogP contribution in [0.2, 0.25) is 0 Å². The van der Waals surface area contributed by atoms with Gasteiger partial charge in [-0.1, -0.05) is 37.1 Å². The molecule has 34 heavy (non-hydrogen) atoms. The van der Waals surface area contributed by atoms with E-state index in [1.165, 1.54) is 36.6 Å². The summed E-state index contributed by atoms with van der Waals surface area (Å²) in [5, 5.41) is -0.000980. The third-order valence-electron chi connectivity index (χ3n) is 6.18. The Balaban J connectivity index is 0.000000604. The van der Waals surface area contributed by atoms with Gasteiger partial charge < -0.3 is 4.57 Å². The molecule has 1 aliphatic carbocycles. The normalized spacial score (nSPS) is 17.1. The monoisotopic (exact) mass is 495 g/mol. The van der Waals surface area contributed by atoms with Crippen molar-refractivity contribution in [2.75, 3.05) is 0 Å². The zero-order chi connectivity index (χ0) is 25.8. The number of hydrogen-bond donors (Lipinski definition) is 1. The smallest absolute Gasteiger partial charge is 0.271 e. The van der Waals surface area contributed by atoms with E-state index in [-0.39, 0.29) is 15.8 Å². The van der Waals surface area contributed by atoms with E-state index < -0.39 is 33.1 Å². The Morgan fingerprint density at radius 3 is 2.24 bits per heavy atom. The van der Waals surface area contributed by atoms with Crippen LogP contribution in [0.25, 0.3) is 10.9 Å². The van der Waals surface area contributed by atoms with Gasteiger partial charge in [-0.3, -0.25) is 10.6 Å². The minimum Gasteiger partial charge on any atom is -0.311 e. The molecule has 1 heterocycles. The molecule has 1 atom stereocenters. The highest BCUT2D eigenvalue weighted by atomic mass is 32.2. The van der Waals surface area contributed by atoms with Gasteiger partial charge in [0.15, 0.2) is 0 Å². The highest BCUT2D eigenvalue weighted by Crippen LogP contribution is 2.35. The number of fused-ring (bicyclic) bond motifs is 1. The Labute approximate surface area is 200 Å². The van der Waals surface area contributed by atoms with Gasteiger partial charge in [-0.15, -0.1) is 4.41 Å². The molecule has 1 aromatic heterocycles. The standard InChI is InChI=1S/C19H23F2N3O3S.C6H12/c1-11-5-7-16(12(11)2)24(22)28(26,27)13-6-8-17-14(9-13)15(19(3,20)21)10-18(25)23(17)4;1-3-5-6-4-2/h6,8-10,16H,5,7,22H2,1-4H3;5-6H,3-4H2,1-2H3/b;6-5-. The van der Waals surface area contributed by atoms with Crippen molar-refractivity contribution >= 4 is 20.9 Å². The zero-order valence-corrected chi connectivity index (χ0v) is 21.5. The molecule has 0 aliphatic heterocycles. The summed E-state index contributed by atoms with van der Waals surface area (Å²) in [7, 11) is -2.67. The molecule has 1 aliphatic rings. The van der Waals surface area contributed by atoms with Crippen molar-refractivity contribution in [2.24, 2.45) is 12.9 Å². The summed E-state index contributed by atoms with van der Waals surface area (Å²) in [5.41, 5.74) is 1.10. The molecule has 6 nitrogen and oxygen atoms in total. The third kappa shape index (κ3) is 5.82. The minimum absolute atomic E-state index is 0.000980. The van der Waals surface area contributed by atoms with Crippen LogP contribution in [0.1, 0.15) is 65.9 Å². The number of allylic oxidation sites excluding steroid dienone is 3. The maximum atomic E-state index is 14.1. The van der Waals surface area contributed by atoms with Crippen LogP contribution in [0.4, 0.5) is 8.78 Å². The number of alkyl halides is 2. The molecule has 0 amide bonds. The number of hydrogen-bond acceptors (Lipinski definition) is 4. The van der Waals surface area contributed by atoms with Crippen LogP contribution in [-0.2, 0) is 23.0 Å². The lowest BCUT2D eigenvalue weighted by molar-refractivity contribution is 0.0189. The second kappa shape index (κ2) is 10.9. The van der Waals surface area contributed by atoms with E-state index in [1.54, 1.807) is 0 Å². The predicted molar refractivity (Wildman–Crippen MR) is 133 cm³/mol. The second-order valence-electron chi connectivity index (χ2n) is 8.66. The molecular formula is C25H35F2N3O3S.